The van der Waals surface area contributed by atoms with Gasteiger partial charge in [0.1, 0.15) is 0 Å². The average Bonchev–Trinajstić information content (AvgIpc) is 2.34. The Kier molecular flexibility index (Phi) is 3.67. The molecular formula is C16H22N2. The molecule has 1 unspecified atom stereocenters. The summed E-state index contributed by atoms with van der Waals surface area (Å²) >= 11 is 0. The molecule has 0 radical (unpaired) electrons. The number of nitrogens with zero attached hydrogens (tertiary/aromatic N) is 1. The SMILES string of the molecule is CC(C)(C)C(N)CCc1cnc2ccccc2c1. The molecule has 1 aromatic heterocycles. The summed E-state index contributed by atoms with van der Waals surface area (Å²) in [5, 5.41) is 1.21. The summed E-state index contributed by atoms with van der Waals surface area (Å²) in [6.07, 6.45) is 3.97. The first-order valence-electron chi connectivity index (χ1n) is 6.56. The van der Waals surface area contributed by atoms with Gasteiger partial charge in [0.15, 0.2) is 0 Å². The Morgan fingerprint density at radius 3 is 2.67 bits per heavy atom. The molecule has 18 heavy (non-hydrogen) atoms. The summed E-state index contributed by atoms with van der Waals surface area (Å²) in [5.41, 5.74) is 8.69. The van der Waals surface area contributed by atoms with Gasteiger partial charge in [-0.3, -0.25) is 4.98 Å². The molecule has 0 aliphatic heterocycles. The van der Waals surface area contributed by atoms with Gasteiger partial charge in [-0.1, -0.05) is 39.0 Å². The molecule has 1 heterocycles. The van der Waals surface area contributed by atoms with Crippen molar-refractivity contribution >= 4 is 10.9 Å². The monoisotopic (exact) mass is 242 g/mol. The van der Waals surface area contributed by atoms with Crippen molar-refractivity contribution in [2.45, 2.75) is 39.7 Å². The summed E-state index contributed by atoms with van der Waals surface area (Å²) in [6, 6.07) is 10.7. The maximum absolute atomic E-state index is 6.19. The zero-order valence-corrected chi connectivity index (χ0v) is 11.5. The molecule has 0 saturated carbocycles. The number of hydrogen-bond donors (Lipinski definition) is 1. The van der Waals surface area contributed by atoms with E-state index in [0.717, 1.165) is 18.4 Å². The molecule has 0 amide bonds. The van der Waals surface area contributed by atoms with E-state index in [1.54, 1.807) is 0 Å². The second-order valence-electron chi connectivity index (χ2n) is 6.05. The van der Waals surface area contributed by atoms with Crippen LogP contribution in [0.3, 0.4) is 0 Å². The van der Waals surface area contributed by atoms with E-state index in [9.17, 15) is 0 Å². The van der Waals surface area contributed by atoms with Crippen molar-refractivity contribution in [3.8, 4) is 0 Å². The minimum absolute atomic E-state index is 0.171. The maximum atomic E-state index is 6.19. The molecule has 2 nitrogen and oxygen atoms in total. The van der Waals surface area contributed by atoms with E-state index in [1.807, 2.05) is 18.3 Å². The first kappa shape index (κ1) is 13.0. The van der Waals surface area contributed by atoms with Crippen LogP contribution in [0.25, 0.3) is 10.9 Å². The third-order valence-electron chi connectivity index (χ3n) is 3.50. The summed E-state index contributed by atoms with van der Waals surface area (Å²) < 4.78 is 0. The number of nitrogens with two attached hydrogens (primary N) is 1. The molecule has 0 fully saturated rings. The fourth-order valence-corrected chi connectivity index (χ4v) is 2.01. The molecule has 2 N–H and O–H groups in total. The lowest BCUT2D eigenvalue weighted by Gasteiger charge is -2.26. The van der Waals surface area contributed by atoms with E-state index in [-0.39, 0.29) is 11.5 Å². The van der Waals surface area contributed by atoms with Crippen molar-refractivity contribution in [1.82, 2.24) is 4.98 Å². The fraction of sp³-hybridized carbons (Fsp3) is 0.438. The molecule has 1 aromatic carbocycles. The maximum Gasteiger partial charge on any atom is 0.0702 e. The van der Waals surface area contributed by atoms with Gasteiger partial charge in [0, 0.05) is 17.6 Å². The predicted molar refractivity (Wildman–Crippen MR) is 77.5 cm³/mol. The quantitative estimate of drug-likeness (QED) is 0.894. The minimum Gasteiger partial charge on any atom is -0.327 e. The average molecular weight is 242 g/mol. The second kappa shape index (κ2) is 5.07. The van der Waals surface area contributed by atoms with Crippen LogP contribution in [-0.4, -0.2) is 11.0 Å². The van der Waals surface area contributed by atoms with Crippen LogP contribution in [0.5, 0.6) is 0 Å². The number of fused-ring (bicyclic) bond motifs is 1. The van der Waals surface area contributed by atoms with Crippen molar-refractivity contribution in [1.29, 1.82) is 0 Å². The molecule has 0 aliphatic carbocycles. The molecule has 0 bridgehead atoms. The molecule has 96 valence electrons. The first-order valence-corrected chi connectivity index (χ1v) is 6.56. The highest BCUT2D eigenvalue weighted by Crippen LogP contribution is 2.22. The van der Waals surface area contributed by atoms with E-state index in [4.69, 9.17) is 5.73 Å². The highest BCUT2D eigenvalue weighted by molar-refractivity contribution is 5.78. The van der Waals surface area contributed by atoms with Crippen molar-refractivity contribution in [2.75, 3.05) is 0 Å². The number of rotatable bonds is 3. The normalized spacial score (nSPS) is 13.8. The summed E-state index contributed by atoms with van der Waals surface area (Å²) in [7, 11) is 0. The van der Waals surface area contributed by atoms with Gasteiger partial charge in [-0.05, 0) is 36.0 Å². The third kappa shape index (κ3) is 3.08. The van der Waals surface area contributed by atoms with Crippen LogP contribution in [0.4, 0.5) is 0 Å². The minimum atomic E-state index is 0.171. The van der Waals surface area contributed by atoms with Crippen LogP contribution < -0.4 is 5.73 Å². The van der Waals surface area contributed by atoms with Gasteiger partial charge < -0.3 is 5.73 Å². The van der Waals surface area contributed by atoms with Crippen LogP contribution in [0.15, 0.2) is 36.5 Å². The van der Waals surface area contributed by atoms with E-state index in [0.29, 0.717) is 0 Å². The molecule has 2 heteroatoms. The molecule has 0 saturated heterocycles. The molecule has 0 spiro atoms. The van der Waals surface area contributed by atoms with Gasteiger partial charge in [0.05, 0.1) is 5.52 Å². The van der Waals surface area contributed by atoms with Gasteiger partial charge >= 0.3 is 0 Å². The molecule has 0 aliphatic rings. The predicted octanol–water partition coefficient (Wildman–Crippen LogP) is 3.54. The van der Waals surface area contributed by atoms with Gasteiger partial charge in [-0.2, -0.15) is 0 Å². The van der Waals surface area contributed by atoms with Gasteiger partial charge in [0.2, 0.25) is 0 Å². The third-order valence-corrected chi connectivity index (χ3v) is 3.50. The summed E-state index contributed by atoms with van der Waals surface area (Å²) in [5.74, 6) is 0. The molecule has 1 atom stereocenters. The smallest absolute Gasteiger partial charge is 0.0702 e. The Hall–Kier alpha value is -1.41. The first-order chi connectivity index (χ1) is 8.47. The lowest BCUT2D eigenvalue weighted by atomic mass is 9.84. The Morgan fingerprint density at radius 2 is 1.94 bits per heavy atom. The Labute approximate surface area is 109 Å². The number of pyridine rings is 1. The highest BCUT2D eigenvalue weighted by Gasteiger charge is 2.19. The van der Waals surface area contributed by atoms with Crippen molar-refractivity contribution < 1.29 is 0 Å². The molecule has 2 aromatic rings. The lowest BCUT2D eigenvalue weighted by molar-refractivity contribution is 0.306. The van der Waals surface area contributed by atoms with E-state index >= 15 is 0 Å². The Balaban J connectivity index is 2.08. The second-order valence-corrected chi connectivity index (χ2v) is 6.05. The van der Waals surface area contributed by atoms with Gasteiger partial charge in [-0.15, -0.1) is 0 Å². The van der Waals surface area contributed by atoms with E-state index < -0.39 is 0 Å². The number of hydrogen-bond acceptors (Lipinski definition) is 2. The van der Waals surface area contributed by atoms with E-state index in [1.165, 1.54) is 10.9 Å². The highest BCUT2D eigenvalue weighted by atomic mass is 14.7. The number of aromatic nitrogens is 1. The fourth-order valence-electron chi connectivity index (χ4n) is 2.01. The zero-order valence-electron chi connectivity index (χ0n) is 11.5. The van der Waals surface area contributed by atoms with E-state index in [2.05, 4.69) is 44.0 Å². The van der Waals surface area contributed by atoms with Gasteiger partial charge in [-0.25, -0.2) is 0 Å². The Bertz CT molecular complexity index is 526. The van der Waals surface area contributed by atoms with Crippen LogP contribution in [0.1, 0.15) is 32.8 Å². The molecular weight excluding hydrogens is 220 g/mol. The summed E-state index contributed by atoms with van der Waals surface area (Å²) in [4.78, 5) is 4.48. The van der Waals surface area contributed by atoms with Crippen LogP contribution in [0.2, 0.25) is 0 Å². The standard InChI is InChI=1S/C16H22N2/c1-16(2,3)15(17)9-8-12-10-13-6-4-5-7-14(13)18-11-12/h4-7,10-11,15H,8-9,17H2,1-3H3. The van der Waals surface area contributed by atoms with Crippen molar-refractivity contribution in [3.63, 3.8) is 0 Å². The molecule has 2 rings (SSSR count). The Morgan fingerprint density at radius 1 is 1.22 bits per heavy atom. The van der Waals surface area contributed by atoms with Crippen molar-refractivity contribution in [3.05, 3.63) is 42.1 Å². The van der Waals surface area contributed by atoms with Gasteiger partial charge in [0.25, 0.3) is 0 Å². The lowest BCUT2D eigenvalue weighted by Crippen LogP contribution is -2.35. The largest absolute Gasteiger partial charge is 0.327 e. The van der Waals surface area contributed by atoms with Crippen molar-refractivity contribution in [2.24, 2.45) is 11.1 Å². The van der Waals surface area contributed by atoms with Crippen LogP contribution in [-0.2, 0) is 6.42 Å². The number of benzene rings is 1. The number of para-hydroxylation sites is 1. The summed E-state index contributed by atoms with van der Waals surface area (Å²) in [6.45, 7) is 6.57. The van der Waals surface area contributed by atoms with Crippen LogP contribution >= 0.6 is 0 Å². The topological polar surface area (TPSA) is 38.9 Å². The zero-order chi connectivity index (χ0) is 13.2. The number of aryl methyl sites for hydroxylation is 1. The van der Waals surface area contributed by atoms with Crippen LogP contribution in [0, 0.1) is 5.41 Å².